The van der Waals surface area contributed by atoms with Crippen LogP contribution in [0.1, 0.15) is 16.0 Å². The number of thiophene rings is 1. The number of aromatic nitrogens is 1. The summed E-state index contributed by atoms with van der Waals surface area (Å²) in [5, 5.41) is 17.1. The number of hydrogen-bond acceptors (Lipinski definition) is 5. The van der Waals surface area contributed by atoms with E-state index in [4.69, 9.17) is 11.6 Å². The minimum absolute atomic E-state index is 0.0420. The summed E-state index contributed by atoms with van der Waals surface area (Å²) in [6.45, 7) is 1.72. The van der Waals surface area contributed by atoms with Crippen molar-refractivity contribution in [2.75, 3.05) is 11.9 Å². The van der Waals surface area contributed by atoms with Crippen LogP contribution < -0.4 is 10.6 Å². The molecule has 4 nitrogen and oxygen atoms in total. The quantitative estimate of drug-likeness (QED) is 0.715. The number of fused-ring (bicyclic) bond motifs is 3. The number of rotatable bonds is 2. The van der Waals surface area contributed by atoms with E-state index in [1.165, 1.54) is 22.6 Å². The Hall–Kier alpha value is -2.20. The third-order valence-corrected chi connectivity index (χ3v) is 5.48. The van der Waals surface area contributed by atoms with Gasteiger partial charge in [-0.15, -0.1) is 11.3 Å². The molecular formula is C17H12ClFN4S. The summed E-state index contributed by atoms with van der Waals surface area (Å²) in [5.74, 6) is -0.471. The summed E-state index contributed by atoms with van der Waals surface area (Å²) in [5.41, 5.74) is 3.04. The Morgan fingerprint density at radius 1 is 1.42 bits per heavy atom. The maximum atomic E-state index is 13.4. The Bertz CT molecular complexity index is 992. The maximum Gasteiger partial charge on any atom is 0.141 e. The third-order valence-electron chi connectivity index (χ3n) is 4.05. The van der Waals surface area contributed by atoms with Gasteiger partial charge in [0.05, 0.1) is 16.3 Å². The van der Waals surface area contributed by atoms with Crippen molar-refractivity contribution in [1.29, 1.82) is 5.26 Å². The Kier molecular flexibility index (Phi) is 3.85. The molecule has 0 bridgehead atoms. The fourth-order valence-electron chi connectivity index (χ4n) is 2.92. The van der Waals surface area contributed by atoms with Crippen molar-refractivity contribution in [2.24, 2.45) is 0 Å². The van der Waals surface area contributed by atoms with Crippen molar-refractivity contribution in [3.05, 3.63) is 51.2 Å². The molecule has 1 aliphatic heterocycles. The van der Waals surface area contributed by atoms with Crippen LogP contribution >= 0.6 is 22.9 Å². The molecule has 0 amide bonds. The van der Waals surface area contributed by atoms with Gasteiger partial charge in [0.15, 0.2) is 0 Å². The smallest absolute Gasteiger partial charge is 0.141 e. The van der Waals surface area contributed by atoms with Crippen molar-refractivity contribution in [2.45, 2.75) is 13.0 Å². The Morgan fingerprint density at radius 2 is 2.29 bits per heavy atom. The van der Waals surface area contributed by atoms with Gasteiger partial charge < -0.3 is 10.6 Å². The van der Waals surface area contributed by atoms with E-state index in [2.05, 4.69) is 21.7 Å². The second-order valence-corrected chi connectivity index (χ2v) is 7.01. The highest BCUT2D eigenvalue weighted by Crippen LogP contribution is 2.39. The molecule has 0 unspecified atom stereocenters. The summed E-state index contributed by atoms with van der Waals surface area (Å²) >= 11 is 7.51. The number of nitrogens with one attached hydrogen (secondary N) is 2. The van der Waals surface area contributed by atoms with Crippen LogP contribution in [-0.4, -0.2) is 11.5 Å². The average Bonchev–Trinajstić information content (AvgIpc) is 2.97. The monoisotopic (exact) mass is 358 g/mol. The molecule has 1 aromatic carbocycles. The van der Waals surface area contributed by atoms with Gasteiger partial charge in [0, 0.05) is 28.7 Å². The third kappa shape index (κ3) is 2.51. The van der Waals surface area contributed by atoms with Crippen LogP contribution in [0.5, 0.6) is 0 Å². The van der Waals surface area contributed by atoms with E-state index in [9.17, 15) is 9.65 Å². The number of nitrogens with zero attached hydrogens (tertiary/aromatic N) is 2. The molecule has 1 aliphatic rings. The van der Waals surface area contributed by atoms with Crippen molar-refractivity contribution in [1.82, 2.24) is 10.3 Å². The summed E-state index contributed by atoms with van der Waals surface area (Å²) in [4.78, 5) is 6.58. The van der Waals surface area contributed by atoms with E-state index >= 15 is 0 Å². The molecule has 0 aliphatic carbocycles. The SMILES string of the molecule is N#Cc1cnc2sc3c(c2c1Nc1ccc(F)c(Cl)c1)CCNC3. The molecule has 2 N–H and O–H groups in total. The first-order valence-corrected chi connectivity index (χ1v) is 8.63. The lowest BCUT2D eigenvalue weighted by molar-refractivity contribution is 0.628. The van der Waals surface area contributed by atoms with Gasteiger partial charge in [-0.3, -0.25) is 0 Å². The fraction of sp³-hybridized carbons (Fsp3) is 0.176. The molecule has 3 aromatic rings. The van der Waals surface area contributed by atoms with Crippen LogP contribution in [0.15, 0.2) is 24.4 Å². The van der Waals surface area contributed by atoms with Gasteiger partial charge in [-0.1, -0.05) is 11.6 Å². The lowest BCUT2D eigenvalue weighted by Gasteiger charge is -2.15. The van der Waals surface area contributed by atoms with Gasteiger partial charge in [-0.2, -0.15) is 5.26 Å². The van der Waals surface area contributed by atoms with Gasteiger partial charge in [-0.05, 0) is 36.7 Å². The van der Waals surface area contributed by atoms with Gasteiger partial charge in [-0.25, -0.2) is 9.37 Å². The number of hydrogen-bond donors (Lipinski definition) is 2. The minimum Gasteiger partial charge on any atom is -0.354 e. The van der Waals surface area contributed by atoms with Crippen molar-refractivity contribution in [3.8, 4) is 6.07 Å². The van der Waals surface area contributed by atoms with Crippen molar-refractivity contribution in [3.63, 3.8) is 0 Å². The molecule has 0 fully saturated rings. The Morgan fingerprint density at radius 3 is 3.08 bits per heavy atom. The van der Waals surface area contributed by atoms with Gasteiger partial charge in [0.2, 0.25) is 0 Å². The van der Waals surface area contributed by atoms with Crippen LogP contribution in [0, 0.1) is 17.1 Å². The molecule has 0 spiro atoms. The van der Waals surface area contributed by atoms with Crippen molar-refractivity contribution >= 4 is 44.5 Å². The van der Waals surface area contributed by atoms with E-state index < -0.39 is 5.82 Å². The van der Waals surface area contributed by atoms with Crippen LogP contribution in [0.4, 0.5) is 15.8 Å². The number of anilines is 2. The summed E-state index contributed by atoms with van der Waals surface area (Å²) in [6, 6.07) is 6.62. The molecule has 4 rings (SSSR count). The second-order valence-electron chi connectivity index (χ2n) is 5.52. The molecule has 24 heavy (non-hydrogen) atoms. The molecule has 2 aromatic heterocycles. The van der Waals surface area contributed by atoms with E-state index in [1.54, 1.807) is 23.6 Å². The van der Waals surface area contributed by atoms with Crippen molar-refractivity contribution < 1.29 is 4.39 Å². The zero-order valence-corrected chi connectivity index (χ0v) is 14.1. The molecule has 0 radical (unpaired) electrons. The van der Waals surface area contributed by atoms with E-state index in [1.807, 2.05) is 0 Å². The highest BCUT2D eigenvalue weighted by Gasteiger charge is 2.21. The van der Waals surface area contributed by atoms with E-state index in [-0.39, 0.29) is 5.02 Å². The number of benzene rings is 1. The van der Waals surface area contributed by atoms with Crippen LogP contribution in [-0.2, 0) is 13.0 Å². The van der Waals surface area contributed by atoms with E-state index in [0.29, 0.717) is 16.9 Å². The van der Waals surface area contributed by atoms with Crippen LogP contribution in [0.3, 0.4) is 0 Å². The topological polar surface area (TPSA) is 60.7 Å². The van der Waals surface area contributed by atoms with E-state index in [0.717, 1.165) is 29.7 Å². The largest absolute Gasteiger partial charge is 0.354 e. The zero-order valence-electron chi connectivity index (χ0n) is 12.5. The summed E-state index contributed by atoms with van der Waals surface area (Å²) in [7, 11) is 0. The predicted octanol–water partition coefficient (Wildman–Crippen LogP) is 4.35. The summed E-state index contributed by atoms with van der Waals surface area (Å²) in [6.07, 6.45) is 2.47. The normalized spacial score (nSPS) is 13.5. The lowest BCUT2D eigenvalue weighted by atomic mass is 10.0. The molecule has 0 saturated carbocycles. The average molecular weight is 359 g/mol. The number of halogens is 2. The molecule has 3 heterocycles. The highest BCUT2D eigenvalue weighted by molar-refractivity contribution is 7.19. The van der Waals surface area contributed by atoms with Gasteiger partial charge in [0.1, 0.15) is 16.7 Å². The first kappa shape index (κ1) is 15.3. The van der Waals surface area contributed by atoms with Crippen LogP contribution in [0.25, 0.3) is 10.2 Å². The standard InChI is InChI=1S/C17H12ClFN4S/c18-12-5-10(1-2-13(12)19)23-16-9(6-20)7-22-17-15(16)11-3-4-21-8-14(11)24-17/h1-2,5,7,21H,3-4,8H2,(H,22,23). The maximum absolute atomic E-state index is 13.4. The summed E-state index contributed by atoms with van der Waals surface area (Å²) < 4.78 is 13.4. The first-order valence-electron chi connectivity index (χ1n) is 7.43. The van der Waals surface area contributed by atoms with Gasteiger partial charge in [0.25, 0.3) is 0 Å². The van der Waals surface area contributed by atoms with Crippen LogP contribution in [0.2, 0.25) is 5.02 Å². The highest BCUT2D eigenvalue weighted by atomic mass is 35.5. The molecule has 7 heteroatoms. The Labute approximate surface area is 146 Å². The lowest BCUT2D eigenvalue weighted by Crippen LogP contribution is -2.22. The predicted molar refractivity (Wildman–Crippen MR) is 94.4 cm³/mol. The molecule has 0 saturated heterocycles. The minimum atomic E-state index is -0.471. The first-order chi connectivity index (χ1) is 11.7. The zero-order chi connectivity index (χ0) is 16.7. The molecular weight excluding hydrogens is 347 g/mol. The molecule has 0 atom stereocenters. The molecule has 120 valence electrons. The Balaban J connectivity index is 1.90. The number of pyridine rings is 1. The van der Waals surface area contributed by atoms with Gasteiger partial charge >= 0.3 is 0 Å². The fourth-order valence-corrected chi connectivity index (χ4v) is 4.27. The number of nitriles is 1. The second kappa shape index (κ2) is 6.02.